The van der Waals surface area contributed by atoms with Gasteiger partial charge in [0.15, 0.2) is 0 Å². The Labute approximate surface area is 159 Å². The van der Waals surface area contributed by atoms with Crippen LogP contribution in [0.1, 0.15) is 13.3 Å². The highest BCUT2D eigenvalue weighted by atomic mass is 31.1. The van der Waals surface area contributed by atoms with Crippen molar-refractivity contribution in [2.75, 3.05) is 70.5 Å². The number of nitrogens with one attached hydrogen (secondary N) is 1. The molecule has 0 unspecified atom stereocenters. The molecule has 0 atom stereocenters. The summed E-state index contributed by atoms with van der Waals surface area (Å²) in [4.78, 5) is 12.3. The molecular formula is C15H29N4O7P. The Morgan fingerprint density at radius 1 is 0.852 bits per heavy atom. The van der Waals surface area contributed by atoms with E-state index >= 15 is 0 Å². The highest BCUT2D eigenvalue weighted by molar-refractivity contribution is 7.56. The normalized spacial score (nSPS) is 11.0. The third kappa shape index (κ3) is 11.2. The maximum atomic E-state index is 9.14. The fourth-order valence-corrected chi connectivity index (χ4v) is 2.21. The summed E-state index contributed by atoms with van der Waals surface area (Å²) in [5.41, 5.74) is 0. The van der Waals surface area contributed by atoms with Crippen LogP contribution < -0.4 is 14.8 Å². The minimum atomic E-state index is -1.07. The summed E-state index contributed by atoms with van der Waals surface area (Å²) in [6.07, 6.45) is 0.740. The molecule has 27 heavy (non-hydrogen) atoms. The molecule has 1 heterocycles. The minimum Gasteiger partial charge on any atom is -0.461 e. The molecule has 1 aromatic heterocycles. The van der Waals surface area contributed by atoms with Crippen LogP contribution in [0.15, 0.2) is 0 Å². The average Bonchev–Trinajstić information content (AvgIpc) is 2.68. The molecule has 0 spiro atoms. The molecular weight excluding hydrogens is 379 g/mol. The van der Waals surface area contributed by atoms with Crippen LogP contribution in [0.3, 0.4) is 0 Å². The van der Waals surface area contributed by atoms with Gasteiger partial charge in [0.2, 0.25) is 5.95 Å². The third-order valence-corrected chi connectivity index (χ3v) is 4.24. The van der Waals surface area contributed by atoms with Crippen molar-refractivity contribution in [2.45, 2.75) is 13.3 Å². The van der Waals surface area contributed by atoms with Crippen LogP contribution in [0.25, 0.3) is 0 Å². The van der Waals surface area contributed by atoms with E-state index < -0.39 is 7.92 Å². The quantitative estimate of drug-likeness (QED) is 0.201. The molecule has 0 saturated carbocycles. The number of aromatic nitrogens is 3. The first-order valence-electron chi connectivity index (χ1n) is 8.69. The number of nitrogens with zero attached hydrogens (tertiary/aromatic N) is 3. The van der Waals surface area contributed by atoms with E-state index in [2.05, 4.69) is 20.3 Å². The number of hydrogen-bond donors (Lipinski definition) is 4. The predicted octanol–water partition coefficient (Wildman–Crippen LogP) is -0.184. The Hall–Kier alpha value is -1.36. The van der Waals surface area contributed by atoms with E-state index in [4.69, 9.17) is 34.3 Å². The molecule has 1 aromatic rings. The molecule has 0 aromatic carbocycles. The second-order valence-electron chi connectivity index (χ2n) is 5.17. The van der Waals surface area contributed by atoms with Crippen molar-refractivity contribution in [3.8, 4) is 12.0 Å². The largest absolute Gasteiger partial charge is 0.461 e. The lowest BCUT2D eigenvalue weighted by molar-refractivity contribution is 0.0965. The molecule has 0 saturated heterocycles. The van der Waals surface area contributed by atoms with Gasteiger partial charge in [-0.1, -0.05) is 6.92 Å². The predicted molar refractivity (Wildman–Crippen MR) is 99.4 cm³/mol. The number of aliphatic hydroxyl groups excluding tert-OH is 3. The second kappa shape index (κ2) is 15.7. The minimum absolute atomic E-state index is 0.0302. The number of ether oxygens (including phenoxy) is 4. The number of hydrogen-bond acceptors (Lipinski definition) is 11. The molecule has 11 nitrogen and oxygen atoms in total. The van der Waals surface area contributed by atoms with Gasteiger partial charge in [0.05, 0.1) is 39.1 Å². The van der Waals surface area contributed by atoms with Gasteiger partial charge in [-0.15, -0.1) is 4.98 Å². The van der Waals surface area contributed by atoms with Crippen molar-refractivity contribution in [3.05, 3.63) is 0 Å². The van der Waals surface area contributed by atoms with Gasteiger partial charge in [-0.3, -0.25) is 0 Å². The molecule has 12 heteroatoms. The van der Waals surface area contributed by atoms with Crippen molar-refractivity contribution >= 4 is 13.9 Å². The Morgan fingerprint density at radius 2 is 1.56 bits per heavy atom. The van der Waals surface area contributed by atoms with Crippen molar-refractivity contribution in [3.63, 3.8) is 0 Å². The van der Waals surface area contributed by atoms with E-state index in [1.54, 1.807) is 0 Å². The molecule has 1 rings (SSSR count). The zero-order valence-electron chi connectivity index (χ0n) is 15.5. The van der Waals surface area contributed by atoms with Gasteiger partial charge in [0, 0.05) is 13.2 Å². The van der Waals surface area contributed by atoms with Crippen LogP contribution >= 0.6 is 7.92 Å². The van der Waals surface area contributed by atoms with Crippen LogP contribution in [-0.4, -0.2) is 95.5 Å². The van der Waals surface area contributed by atoms with E-state index in [-0.39, 0.29) is 56.8 Å². The second-order valence-corrected chi connectivity index (χ2v) is 7.34. The van der Waals surface area contributed by atoms with Crippen molar-refractivity contribution in [1.82, 2.24) is 15.0 Å². The highest BCUT2D eigenvalue weighted by Gasteiger charge is 2.12. The van der Waals surface area contributed by atoms with Gasteiger partial charge >= 0.3 is 12.0 Å². The van der Waals surface area contributed by atoms with E-state index in [0.717, 1.165) is 6.42 Å². The topological polar surface area (TPSA) is 148 Å². The van der Waals surface area contributed by atoms with E-state index in [9.17, 15) is 0 Å². The van der Waals surface area contributed by atoms with Gasteiger partial charge in [-0.05, 0) is 14.3 Å². The fourth-order valence-electron chi connectivity index (χ4n) is 1.66. The Bertz CT molecular complexity index is 465. The van der Waals surface area contributed by atoms with Gasteiger partial charge in [-0.2, -0.15) is 9.97 Å². The lowest BCUT2D eigenvalue weighted by Gasteiger charge is -2.13. The molecule has 0 bridgehead atoms. The molecule has 0 fully saturated rings. The third-order valence-electron chi connectivity index (χ3n) is 2.94. The number of aliphatic hydroxyl groups is 3. The summed E-state index contributed by atoms with van der Waals surface area (Å²) < 4.78 is 21.4. The van der Waals surface area contributed by atoms with E-state index in [0.29, 0.717) is 26.4 Å². The summed E-state index contributed by atoms with van der Waals surface area (Å²) in [5.74, 6) is 0.245. The van der Waals surface area contributed by atoms with Crippen molar-refractivity contribution in [1.29, 1.82) is 0 Å². The molecule has 156 valence electrons. The van der Waals surface area contributed by atoms with Gasteiger partial charge in [0.25, 0.3) is 0 Å². The zero-order chi connectivity index (χ0) is 19.7. The van der Waals surface area contributed by atoms with Crippen LogP contribution in [0.4, 0.5) is 5.95 Å². The van der Waals surface area contributed by atoms with Gasteiger partial charge in [0.1, 0.15) is 13.0 Å². The lowest BCUT2D eigenvalue weighted by Crippen LogP contribution is -2.15. The van der Waals surface area contributed by atoms with Gasteiger partial charge < -0.3 is 39.6 Å². The standard InChI is InChI=1S/C15H29N4O7P/c1-2-5-23-8-9-25-14-17-13(16-3-6-24-7-4-20)18-15(19-14)26-12-27(10-21)11-22/h20-22H,2-12H2,1H3,(H,16,17,18,19). The SMILES string of the molecule is CCCOCCOc1nc(NCCOCCO)nc(OCP(CO)CO)n1. The van der Waals surface area contributed by atoms with Gasteiger partial charge in [-0.25, -0.2) is 0 Å². The number of rotatable bonds is 17. The first kappa shape index (κ1) is 23.7. The summed E-state index contributed by atoms with van der Waals surface area (Å²) in [6.45, 7) is 4.36. The molecule has 0 aliphatic heterocycles. The Kier molecular flexibility index (Phi) is 13.7. The smallest absolute Gasteiger partial charge is 0.324 e. The van der Waals surface area contributed by atoms with Crippen LogP contribution in [-0.2, 0) is 9.47 Å². The molecule has 0 aliphatic rings. The molecule has 4 N–H and O–H groups in total. The van der Waals surface area contributed by atoms with Crippen molar-refractivity contribution < 1.29 is 34.3 Å². The summed E-state index contributed by atoms with van der Waals surface area (Å²) in [6, 6.07) is 0.110. The monoisotopic (exact) mass is 408 g/mol. The maximum Gasteiger partial charge on any atom is 0.324 e. The molecule has 0 amide bonds. The number of anilines is 1. The van der Waals surface area contributed by atoms with Crippen LogP contribution in [0, 0.1) is 0 Å². The first-order chi connectivity index (χ1) is 13.2. The zero-order valence-corrected chi connectivity index (χ0v) is 16.4. The van der Waals surface area contributed by atoms with E-state index in [1.165, 1.54) is 0 Å². The first-order valence-corrected chi connectivity index (χ1v) is 10.6. The molecule has 0 aliphatic carbocycles. The van der Waals surface area contributed by atoms with Crippen LogP contribution in [0.2, 0.25) is 0 Å². The van der Waals surface area contributed by atoms with Crippen molar-refractivity contribution in [2.24, 2.45) is 0 Å². The summed E-state index contributed by atoms with van der Waals surface area (Å²) >= 11 is 0. The fraction of sp³-hybridized carbons (Fsp3) is 0.800. The summed E-state index contributed by atoms with van der Waals surface area (Å²) in [7, 11) is -1.07. The highest BCUT2D eigenvalue weighted by Crippen LogP contribution is 2.32. The Morgan fingerprint density at radius 3 is 2.22 bits per heavy atom. The Balaban J connectivity index is 2.62. The lowest BCUT2D eigenvalue weighted by atomic mass is 10.5. The molecule has 0 radical (unpaired) electrons. The maximum absolute atomic E-state index is 9.14. The van der Waals surface area contributed by atoms with Crippen LogP contribution in [0.5, 0.6) is 12.0 Å². The van der Waals surface area contributed by atoms with E-state index in [1.807, 2.05) is 6.92 Å². The average molecular weight is 408 g/mol. The summed E-state index contributed by atoms with van der Waals surface area (Å²) in [5, 5.41) is 29.9.